The summed E-state index contributed by atoms with van der Waals surface area (Å²) in [6.07, 6.45) is 0.535. The van der Waals surface area contributed by atoms with Gasteiger partial charge in [0.2, 0.25) is 0 Å². The molecule has 0 saturated carbocycles. The minimum atomic E-state index is -0.750. The highest BCUT2D eigenvalue weighted by atomic mass is 16.5. The second-order valence-corrected chi connectivity index (χ2v) is 4.17. The molecule has 15 heavy (non-hydrogen) atoms. The lowest BCUT2D eigenvalue weighted by Gasteiger charge is -2.19. The first-order valence-corrected chi connectivity index (χ1v) is 4.89. The average molecular weight is 210 g/mol. The molecule has 0 bridgehead atoms. The smallest absolute Gasteiger partial charge is 0.122 e. The predicted octanol–water partition coefficient (Wildman–Crippen LogP) is 2.02. The second-order valence-electron chi connectivity index (χ2n) is 4.17. The van der Waals surface area contributed by atoms with Gasteiger partial charge in [-0.3, -0.25) is 0 Å². The average Bonchev–Trinajstić information content (AvgIpc) is 2.15. The third-order valence-electron chi connectivity index (χ3n) is 2.11. The molecule has 0 aromatic heterocycles. The number of hydrogen-bond donors (Lipinski definition) is 1. The minimum absolute atomic E-state index is 0.535. The maximum Gasteiger partial charge on any atom is 0.122 e. The van der Waals surface area contributed by atoms with E-state index >= 15 is 0 Å². The van der Waals surface area contributed by atoms with E-state index in [1.807, 2.05) is 18.2 Å². The molecule has 3 nitrogen and oxygen atoms in total. The van der Waals surface area contributed by atoms with Crippen molar-refractivity contribution in [3.63, 3.8) is 0 Å². The molecule has 0 aliphatic rings. The number of hydrogen-bond acceptors (Lipinski definition) is 3. The molecule has 84 valence electrons. The first kappa shape index (κ1) is 11.9. The largest absolute Gasteiger partial charge is 0.497 e. The van der Waals surface area contributed by atoms with Gasteiger partial charge in [0, 0.05) is 12.0 Å². The van der Waals surface area contributed by atoms with Crippen molar-refractivity contribution in [3.05, 3.63) is 23.8 Å². The quantitative estimate of drug-likeness (QED) is 0.826. The molecule has 0 amide bonds. The fourth-order valence-corrected chi connectivity index (χ4v) is 1.49. The van der Waals surface area contributed by atoms with Gasteiger partial charge in [-0.1, -0.05) is 0 Å². The highest BCUT2D eigenvalue weighted by molar-refractivity contribution is 5.40. The Morgan fingerprint density at radius 2 is 1.87 bits per heavy atom. The van der Waals surface area contributed by atoms with Crippen LogP contribution >= 0.6 is 0 Å². The number of methoxy groups -OCH3 is 2. The van der Waals surface area contributed by atoms with Crippen molar-refractivity contribution in [1.29, 1.82) is 0 Å². The Labute approximate surface area is 90.6 Å². The SMILES string of the molecule is COc1ccc(OC)c(CC(C)(C)O)c1. The van der Waals surface area contributed by atoms with Crippen LogP contribution in [-0.2, 0) is 6.42 Å². The fourth-order valence-electron chi connectivity index (χ4n) is 1.49. The summed E-state index contributed by atoms with van der Waals surface area (Å²) in [5, 5.41) is 9.76. The summed E-state index contributed by atoms with van der Waals surface area (Å²) in [7, 11) is 3.24. The topological polar surface area (TPSA) is 38.7 Å². The third kappa shape index (κ3) is 3.44. The lowest BCUT2D eigenvalue weighted by atomic mass is 9.98. The van der Waals surface area contributed by atoms with Crippen LogP contribution in [0.2, 0.25) is 0 Å². The summed E-state index contributed by atoms with van der Waals surface area (Å²) in [5.41, 5.74) is 0.198. The van der Waals surface area contributed by atoms with Crippen LogP contribution in [0.25, 0.3) is 0 Å². The van der Waals surface area contributed by atoms with Crippen LogP contribution in [0.15, 0.2) is 18.2 Å². The highest BCUT2D eigenvalue weighted by Gasteiger charge is 2.17. The lowest BCUT2D eigenvalue weighted by Crippen LogP contribution is -2.22. The molecule has 0 spiro atoms. The Kier molecular flexibility index (Phi) is 3.58. The number of aliphatic hydroxyl groups is 1. The Hall–Kier alpha value is -1.22. The van der Waals surface area contributed by atoms with E-state index in [0.29, 0.717) is 6.42 Å². The van der Waals surface area contributed by atoms with E-state index in [2.05, 4.69) is 0 Å². The maximum atomic E-state index is 9.76. The van der Waals surface area contributed by atoms with Gasteiger partial charge in [-0.05, 0) is 32.0 Å². The lowest BCUT2D eigenvalue weighted by molar-refractivity contribution is 0.0802. The molecule has 1 rings (SSSR count). The molecule has 0 radical (unpaired) electrons. The van der Waals surface area contributed by atoms with Crippen molar-refractivity contribution in [2.24, 2.45) is 0 Å². The van der Waals surface area contributed by atoms with Crippen LogP contribution in [0, 0.1) is 0 Å². The van der Waals surface area contributed by atoms with Crippen molar-refractivity contribution in [2.75, 3.05) is 14.2 Å². The molecule has 0 atom stereocenters. The zero-order chi connectivity index (χ0) is 11.5. The minimum Gasteiger partial charge on any atom is -0.497 e. The van der Waals surface area contributed by atoms with Gasteiger partial charge in [0.25, 0.3) is 0 Å². The van der Waals surface area contributed by atoms with E-state index in [1.54, 1.807) is 28.1 Å². The predicted molar refractivity (Wildman–Crippen MR) is 59.5 cm³/mol. The van der Waals surface area contributed by atoms with Crippen LogP contribution in [0.1, 0.15) is 19.4 Å². The molecule has 0 unspecified atom stereocenters. The van der Waals surface area contributed by atoms with E-state index in [0.717, 1.165) is 17.1 Å². The zero-order valence-electron chi connectivity index (χ0n) is 9.70. The van der Waals surface area contributed by atoms with Crippen LogP contribution < -0.4 is 9.47 Å². The Morgan fingerprint density at radius 3 is 2.33 bits per heavy atom. The molecule has 0 aliphatic heterocycles. The molecule has 1 aromatic rings. The first-order chi connectivity index (χ1) is 6.96. The molecule has 1 aromatic carbocycles. The van der Waals surface area contributed by atoms with Gasteiger partial charge < -0.3 is 14.6 Å². The molecule has 0 aliphatic carbocycles. The zero-order valence-corrected chi connectivity index (χ0v) is 9.70. The van der Waals surface area contributed by atoms with Gasteiger partial charge in [-0.15, -0.1) is 0 Å². The van der Waals surface area contributed by atoms with Gasteiger partial charge in [0.15, 0.2) is 0 Å². The van der Waals surface area contributed by atoms with Gasteiger partial charge in [-0.2, -0.15) is 0 Å². The third-order valence-corrected chi connectivity index (χ3v) is 2.11. The van der Waals surface area contributed by atoms with Crippen LogP contribution in [0.5, 0.6) is 11.5 Å². The summed E-state index contributed by atoms with van der Waals surface area (Å²) in [6.45, 7) is 3.54. The Bertz CT molecular complexity index is 326. The fraction of sp³-hybridized carbons (Fsp3) is 0.500. The molecule has 0 fully saturated rings. The molecule has 0 saturated heterocycles. The summed E-state index contributed by atoms with van der Waals surface area (Å²) in [4.78, 5) is 0. The van der Waals surface area contributed by atoms with E-state index in [4.69, 9.17) is 9.47 Å². The van der Waals surface area contributed by atoms with Crippen molar-refractivity contribution < 1.29 is 14.6 Å². The van der Waals surface area contributed by atoms with Crippen molar-refractivity contribution >= 4 is 0 Å². The Balaban J connectivity index is 3.01. The molecular weight excluding hydrogens is 192 g/mol. The van der Waals surface area contributed by atoms with Crippen LogP contribution in [0.3, 0.4) is 0 Å². The summed E-state index contributed by atoms with van der Waals surface area (Å²) >= 11 is 0. The van der Waals surface area contributed by atoms with E-state index in [-0.39, 0.29) is 0 Å². The van der Waals surface area contributed by atoms with Crippen molar-refractivity contribution in [2.45, 2.75) is 25.9 Å². The second kappa shape index (κ2) is 4.53. The van der Waals surface area contributed by atoms with Crippen LogP contribution in [-0.4, -0.2) is 24.9 Å². The highest BCUT2D eigenvalue weighted by Crippen LogP contribution is 2.27. The normalized spacial score (nSPS) is 11.3. The van der Waals surface area contributed by atoms with Crippen molar-refractivity contribution in [1.82, 2.24) is 0 Å². The number of benzene rings is 1. The molecule has 0 heterocycles. The van der Waals surface area contributed by atoms with Crippen LogP contribution in [0.4, 0.5) is 0 Å². The van der Waals surface area contributed by atoms with Gasteiger partial charge in [0.05, 0.1) is 19.8 Å². The monoisotopic (exact) mass is 210 g/mol. The van der Waals surface area contributed by atoms with E-state index in [1.165, 1.54) is 0 Å². The number of rotatable bonds is 4. The van der Waals surface area contributed by atoms with Gasteiger partial charge >= 0.3 is 0 Å². The van der Waals surface area contributed by atoms with Crippen molar-refractivity contribution in [3.8, 4) is 11.5 Å². The molecule has 3 heteroatoms. The summed E-state index contributed by atoms with van der Waals surface area (Å²) < 4.78 is 10.4. The summed E-state index contributed by atoms with van der Waals surface area (Å²) in [6, 6.07) is 5.57. The van der Waals surface area contributed by atoms with Gasteiger partial charge in [-0.25, -0.2) is 0 Å². The standard InChI is InChI=1S/C12H18O3/c1-12(2,13)8-9-7-10(14-3)5-6-11(9)15-4/h5-7,13H,8H2,1-4H3. The molecular formula is C12H18O3. The summed E-state index contributed by atoms with van der Waals surface area (Å²) in [5.74, 6) is 1.55. The molecule has 1 N–H and O–H groups in total. The van der Waals surface area contributed by atoms with E-state index < -0.39 is 5.60 Å². The van der Waals surface area contributed by atoms with Gasteiger partial charge in [0.1, 0.15) is 11.5 Å². The maximum absolute atomic E-state index is 9.76. The number of ether oxygens (including phenoxy) is 2. The Morgan fingerprint density at radius 1 is 1.20 bits per heavy atom. The van der Waals surface area contributed by atoms with E-state index in [9.17, 15) is 5.11 Å². The first-order valence-electron chi connectivity index (χ1n) is 4.89.